The fourth-order valence-corrected chi connectivity index (χ4v) is 1.82. The average molecular weight is 251 g/mol. The summed E-state index contributed by atoms with van der Waals surface area (Å²) in [6, 6.07) is 0. The van der Waals surface area contributed by atoms with Crippen LogP contribution in [0.2, 0.25) is 0 Å². The highest BCUT2D eigenvalue weighted by atomic mass is 16.5. The Morgan fingerprint density at radius 1 is 1.44 bits per heavy atom. The third kappa shape index (κ3) is 2.24. The first kappa shape index (κ1) is 12.3. The van der Waals surface area contributed by atoms with Crippen LogP contribution in [0.15, 0.2) is 12.4 Å². The van der Waals surface area contributed by atoms with E-state index in [0.29, 0.717) is 11.7 Å². The molecule has 1 unspecified atom stereocenters. The standard InChI is InChI=1S/C11H13N3O4/c1-17-9-5-12-4-8(13-9)14-6-7(3-10(14)15)11(16)18-2/h4-5,7H,3,6H2,1-2H3. The number of hydrogen-bond acceptors (Lipinski definition) is 6. The van der Waals surface area contributed by atoms with Gasteiger partial charge in [-0.25, -0.2) is 0 Å². The van der Waals surface area contributed by atoms with Crippen molar-refractivity contribution in [2.24, 2.45) is 5.92 Å². The predicted molar refractivity (Wildman–Crippen MR) is 61.1 cm³/mol. The second-order valence-corrected chi connectivity index (χ2v) is 3.85. The van der Waals surface area contributed by atoms with Crippen molar-refractivity contribution >= 4 is 17.7 Å². The number of amides is 1. The number of nitrogens with zero attached hydrogens (tertiary/aromatic N) is 3. The van der Waals surface area contributed by atoms with Crippen LogP contribution in [-0.4, -0.2) is 42.6 Å². The van der Waals surface area contributed by atoms with Crippen molar-refractivity contribution in [2.45, 2.75) is 6.42 Å². The highest BCUT2D eigenvalue weighted by Gasteiger charge is 2.36. The molecule has 7 nitrogen and oxygen atoms in total. The lowest BCUT2D eigenvalue weighted by Gasteiger charge is -2.14. The van der Waals surface area contributed by atoms with Gasteiger partial charge in [0.15, 0.2) is 5.82 Å². The summed E-state index contributed by atoms with van der Waals surface area (Å²) in [6.07, 6.45) is 3.04. The normalized spacial score (nSPS) is 18.9. The van der Waals surface area contributed by atoms with E-state index in [1.54, 1.807) is 0 Å². The fraction of sp³-hybridized carbons (Fsp3) is 0.455. The molecule has 96 valence electrons. The number of ether oxygens (including phenoxy) is 2. The molecule has 0 aliphatic carbocycles. The zero-order valence-corrected chi connectivity index (χ0v) is 10.1. The quantitative estimate of drug-likeness (QED) is 0.704. The summed E-state index contributed by atoms with van der Waals surface area (Å²) >= 11 is 0. The van der Waals surface area contributed by atoms with Gasteiger partial charge in [0.05, 0.1) is 32.5 Å². The lowest BCUT2D eigenvalue weighted by Crippen LogP contribution is -2.27. The number of rotatable bonds is 3. The van der Waals surface area contributed by atoms with Gasteiger partial charge < -0.3 is 9.47 Å². The zero-order valence-electron chi connectivity index (χ0n) is 10.1. The molecule has 0 N–H and O–H groups in total. The highest BCUT2D eigenvalue weighted by molar-refractivity contribution is 5.98. The van der Waals surface area contributed by atoms with Crippen molar-refractivity contribution in [3.8, 4) is 5.88 Å². The molecule has 2 heterocycles. The van der Waals surface area contributed by atoms with E-state index in [4.69, 9.17) is 4.74 Å². The maximum atomic E-state index is 11.8. The SMILES string of the molecule is COC(=O)C1CC(=O)N(c2cncc(OC)n2)C1. The molecule has 1 fully saturated rings. The summed E-state index contributed by atoms with van der Waals surface area (Å²) in [5.41, 5.74) is 0. The van der Waals surface area contributed by atoms with Gasteiger partial charge in [0.25, 0.3) is 0 Å². The Balaban J connectivity index is 2.18. The van der Waals surface area contributed by atoms with Gasteiger partial charge in [-0.2, -0.15) is 4.98 Å². The van der Waals surface area contributed by atoms with Crippen LogP contribution in [-0.2, 0) is 14.3 Å². The first-order valence-electron chi connectivity index (χ1n) is 5.40. The van der Waals surface area contributed by atoms with Gasteiger partial charge in [0.1, 0.15) is 0 Å². The van der Waals surface area contributed by atoms with Crippen LogP contribution in [0.25, 0.3) is 0 Å². The van der Waals surface area contributed by atoms with Gasteiger partial charge in [0.2, 0.25) is 11.8 Å². The molecule has 0 bridgehead atoms. The summed E-state index contributed by atoms with van der Waals surface area (Å²) in [5.74, 6) is -0.308. The van der Waals surface area contributed by atoms with Crippen LogP contribution >= 0.6 is 0 Å². The number of esters is 1. The van der Waals surface area contributed by atoms with Crippen LogP contribution in [0, 0.1) is 5.92 Å². The van der Waals surface area contributed by atoms with E-state index in [2.05, 4.69) is 14.7 Å². The molecule has 0 saturated carbocycles. The molecular formula is C11H13N3O4. The summed E-state index contributed by atoms with van der Waals surface area (Å²) in [5, 5.41) is 0. The minimum absolute atomic E-state index is 0.131. The lowest BCUT2D eigenvalue weighted by atomic mass is 10.1. The van der Waals surface area contributed by atoms with Crippen molar-refractivity contribution in [3.05, 3.63) is 12.4 Å². The van der Waals surface area contributed by atoms with Gasteiger partial charge in [-0.1, -0.05) is 0 Å². The summed E-state index contributed by atoms with van der Waals surface area (Å²) in [4.78, 5) is 32.7. The first-order chi connectivity index (χ1) is 8.65. The number of aromatic nitrogens is 2. The molecule has 18 heavy (non-hydrogen) atoms. The second kappa shape index (κ2) is 4.99. The van der Waals surface area contributed by atoms with Gasteiger partial charge in [-0.15, -0.1) is 0 Å². The van der Waals surface area contributed by atoms with Crippen molar-refractivity contribution in [2.75, 3.05) is 25.7 Å². The third-order valence-corrected chi connectivity index (χ3v) is 2.74. The Labute approximate surface area is 104 Å². The third-order valence-electron chi connectivity index (χ3n) is 2.74. The molecule has 1 aliphatic heterocycles. The molecule has 0 aromatic carbocycles. The smallest absolute Gasteiger partial charge is 0.311 e. The average Bonchev–Trinajstić information content (AvgIpc) is 2.80. The molecular weight excluding hydrogens is 238 g/mol. The van der Waals surface area contributed by atoms with Gasteiger partial charge in [0, 0.05) is 13.0 Å². The molecule has 1 saturated heterocycles. The fourth-order valence-electron chi connectivity index (χ4n) is 1.82. The maximum absolute atomic E-state index is 11.8. The monoisotopic (exact) mass is 251 g/mol. The van der Waals surface area contributed by atoms with E-state index in [1.165, 1.54) is 31.5 Å². The Morgan fingerprint density at radius 2 is 2.22 bits per heavy atom. The minimum Gasteiger partial charge on any atom is -0.480 e. The summed E-state index contributed by atoms with van der Waals surface area (Å²) < 4.78 is 9.57. The number of carbonyl (C=O) groups excluding carboxylic acids is 2. The Bertz CT molecular complexity index is 477. The van der Waals surface area contributed by atoms with E-state index in [-0.39, 0.29) is 24.8 Å². The predicted octanol–water partition coefficient (Wildman–Crippen LogP) is 0.0111. The van der Waals surface area contributed by atoms with E-state index in [1.807, 2.05) is 0 Å². The van der Waals surface area contributed by atoms with Crippen molar-refractivity contribution in [1.82, 2.24) is 9.97 Å². The number of anilines is 1. The van der Waals surface area contributed by atoms with E-state index >= 15 is 0 Å². The van der Waals surface area contributed by atoms with Crippen LogP contribution in [0.5, 0.6) is 5.88 Å². The molecule has 1 aromatic rings. The minimum atomic E-state index is -0.449. The Kier molecular flexibility index (Phi) is 3.40. The van der Waals surface area contributed by atoms with Crippen LogP contribution in [0.3, 0.4) is 0 Å². The Hall–Kier alpha value is -2.18. The van der Waals surface area contributed by atoms with Crippen molar-refractivity contribution < 1.29 is 19.1 Å². The molecule has 0 radical (unpaired) electrons. The molecule has 1 aromatic heterocycles. The second-order valence-electron chi connectivity index (χ2n) is 3.85. The van der Waals surface area contributed by atoms with Crippen molar-refractivity contribution in [3.63, 3.8) is 0 Å². The number of hydrogen-bond donors (Lipinski definition) is 0. The molecule has 1 atom stereocenters. The molecule has 1 aliphatic rings. The first-order valence-corrected chi connectivity index (χ1v) is 5.40. The molecule has 2 rings (SSSR count). The Morgan fingerprint density at radius 3 is 2.89 bits per heavy atom. The lowest BCUT2D eigenvalue weighted by molar-refractivity contribution is -0.145. The van der Waals surface area contributed by atoms with Gasteiger partial charge in [-0.3, -0.25) is 19.5 Å². The maximum Gasteiger partial charge on any atom is 0.311 e. The molecule has 0 spiro atoms. The van der Waals surface area contributed by atoms with Gasteiger partial charge >= 0.3 is 5.97 Å². The van der Waals surface area contributed by atoms with Crippen LogP contribution in [0.4, 0.5) is 5.82 Å². The van der Waals surface area contributed by atoms with E-state index in [0.717, 1.165) is 0 Å². The highest BCUT2D eigenvalue weighted by Crippen LogP contribution is 2.24. The zero-order chi connectivity index (χ0) is 13.1. The number of methoxy groups -OCH3 is 2. The van der Waals surface area contributed by atoms with E-state index < -0.39 is 5.92 Å². The topological polar surface area (TPSA) is 81.6 Å². The van der Waals surface area contributed by atoms with Gasteiger partial charge in [-0.05, 0) is 0 Å². The van der Waals surface area contributed by atoms with E-state index in [9.17, 15) is 9.59 Å². The van der Waals surface area contributed by atoms with Crippen LogP contribution in [0.1, 0.15) is 6.42 Å². The van der Waals surface area contributed by atoms with Crippen LogP contribution < -0.4 is 9.64 Å². The largest absolute Gasteiger partial charge is 0.480 e. The molecule has 7 heteroatoms. The summed E-state index contributed by atoms with van der Waals surface area (Å²) in [6.45, 7) is 0.257. The molecule has 1 amide bonds. The van der Waals surface area contributed by atoms with Crippen molar-refractivity contribution in [1.29, 1.82) is 0 Å². The summed E-state index contributed by atoms with van der Waals surface area (Å²) in [7, 11) is 2.78. The number of carbonyl (C=O) groups is 2.